The predicted octanol–water partition coefficient (Wildman–Crippen LogP) is 6.59. The summed E-state index contributed by atoms with van der Waals surface area (Å²) >= 11 is 0. The lowest BCUT2D eigenvalue weighted by molar-refractivity contribution is 0.0693. The number of amides is 1. The fourth-order valence-electron chi connectivity index (χ4n) is 3.57. The number of benzene rings is 1. The zero-order valence-electron chi connectivity index (χ0n) is 20.5. The summed E-state index contributed by atoms with van der Waals surface area (Å²) in [5.41, 5.74) is 1.35. The molecule has 0 N–H and O–H groups in total. The van der Waals surface area contributed by atoms with Gasteiger partial charge in [0.2, 0.25) is 0 Å². The van der Waals surface area contributed by atoms with Crippen molar-refractivity contribution in [1.29, 1.82) is 0 Å². The molecule has 30 heavy (non-hydrogen) atoms. The summed E-state index contributed by atoms with van der Waals surface area (Å²) in [6.45, 7) is 21.0. The van der Waals surface area contributed by atoms with Crippen LogP contribution < -0.4 is 0 Å². The van der Waals surface area contributed by atoms with Crippen molar-refractivity contribution in [3.63, 3.8) is 0 Å². The number of carbonyl (C=O) groups excluding carboxylic acids is 1. The van der Waals surface area contributed by atoms with Crippen molar-refractivity contribution in [2.24, 2.45) is 5.92 Å². The summed E-state index contributed by atoms with van der Waals surface area (Å²) in [5.74, 6) is 0.710. The minimum atomic E-state index is -1.84. The van der Waals surface area contributed by atoms with E-state index < -0.39 is 16.4 Å². The molecule has 0 radical (unpaired) electrons. The van der Waals surface area contributed by atoms with Gasteiger partial charge in [0.25, 0.3) is 0 Å². The average molecular weight is 450 g/mol. The normalized spacial score (nSPS) is 20.9. The summed E-state index contributed by atoms with van der Waals surface area (Å²) in [7, 11) is -3.05. The van der Waals surface area contributed by atoms with Crippen molar-refractivity contribution >= 4 is 22.5 Å². The fraction of sp³-hybridized carbons (Fsp3) is 0.708. The first-order valence-corrected chi connectivity index (χ1v) is 18.0. The maximum Gasteiger partial charge on any atom is 0.409 e. The van der Waals surface area contributed by atoms with E-state index in [4.69, 9.17) is 9.16 Å². The second-order valence-corrected chi connectivity index (χ2v) is 21.9. The molecule has 0 saturated carbocycles. The van der Waals surface area contributed by atoms with Gasteiger partial charge in [-0.15, -0.1) is 0 Å². The van der Waals surface area contributed by atoms with Crippen LogP contribution in [0.4, 0.5) is 4.79 Å². The SMILES string of the molecule is CC(C)(C)[Si](C)(C)OC[C@@H]1CN(C(=O)OCC[Si](C)(C)C)CC[C@H]1c1ccccc1. The summed E-state index contributed by atoms with van der Waals surface area (Å²) in [6.07, 6.45) is 0.802. The van der Waals surface area contributed by atoms with E-state index in [1.54, 1.807) is 0 Å². The van der Waals surface area contributed by atoms with Gasteiger partial charge in [0.1, 0.15) is 0 Å². The number of hydrogen-bond acceptors (Lipinski definition) is 3. The molecule has 2 atom stereocenters. The van der Waals surface area contributed by atoms with Gasteiger partial charge in [0, 0.05) is 33.7 Å². The van der Waals surface area contributed by atoms with E-state index >= 15 is 0 Å². The highest BCUT2D eigenvalue weighted by Crippen LogP contribution is 2.39. The number of carbonyl (C=O) groups is 1. The lowest BCUT2D eigenvalue weighted by Crippen LogP contribution is -2.48. The molecular formula is C24H43NO3Si2. The second-order valence-electron chi connectivity index (χ2n) is 11.5. The second kappa shape index (κ2) is 10.0. The van der Waals surface area contributed by atoms with Crippen LogP contribution in [0.1, 0.15) is 38.7 Å². The number of likely N-dealkylation sites (tertiary alicyclic amines) is 1. The van der Waals surface area contributed by atoms with Gasteiger partial charge >= 0.3 is 6.09 Å². The van der Waals surface area contributed by atoms with Gasteiger partial charge in [-0.2, -0.15) is 0 Å². The van der Waals surface area contributed by atoms with Crippen molar-refractivity contribution in [2.75, 3.05) is 26.3 Å². The lowest BCUT2D eigenvalue weighted by Gasteiger charge is -2.42. The fourth-order valence-corrected chi connectivity index (χ4v) is 5.35. The van der Waals surface area contributed by atoms with Crippen molar-refractivity contribution in [1.82, 2.24) is 4.90 Å². The van der Waals surface area contributed by atoms with Gasteiger partial charge in [-0.1, -0.05) is 70.7 Å². The van der Waals surface area contributed by atoms with Crippen molar-refractivity contribution in [3.05, 3.63) is 35.9 Å². The number of hydrogen-bond donors (Lipinski definition) is 0. The predicted molar refractivity (Wildman–Crippen MR) is 132 cm³/mol. The summed E-state index contributed by atoms with van der Waals surface area (Å²) in [5, 5.41) is 0.180. The first-order valence-electron chi connectivity index (χ1n) is 11.4. The van der Waals surface area contributed by atoms with E-state index in [1.165, 1.54) is 5.56 Å². The van der Waals surface area contributed by atoms with E-state index in [1.807, 2.05) is 4.90 Å². The molecule has 4 nitrogen and oxygen atoms in total. The molecule has 1 heterocycles. The number of piperidine rings is 1. The summed E-state index contributed by atoms with van der Waals surface area (Å²) < 4.78 is 12.2. The average Bonchev–Trinajstić information content (AvgIpc) is 2.65. The molecule has 6 heteroatoms. The molecule has 1 fully saturated rings. The van der Waals surface area contributed by atoms with Crippen LogP contribution in [0.3, 0.4) is 0 Å². The Morgan fingerprint density at radius 1 is 1.10 bits per heavy atom. The van der Waals surface area contributed by atoms with Crippen LogP contribution in [-0.4, -0.2) is 53.7 Å². The minimum absolute atomic E-state index is 0.155. The largest absolute Gasteiger partial charge is 0.450 e. The molecule has 2 rings (SSSR count). The Labute approximate surface area is 186 Å². The van der Waals surface area contributed by atoms with E-state index in [0.717, 1.165) is 19.0 Å². The molecule has 1 aromatic rings. The highest BCUT2D eigenvalue weighted by atomic mass is 28.4. The van der Waals surface area contributed by atoms with Gasteiger partial charge in [-0.05, 0) is 42.1 Å². The van der Waals surface area contributed by atoms with Gasteiger partial charge in [-0.3, -0.25) is 0 Å². The third kappa shape index (κ3) is 7.24. The zero-order valence-corrected chi connectivity index (χ0v) is 22.5. The van der Waals surface area contributed by atoms with Crippen LogP contribution in [0.15, 0.2) is 30.3 Å². The van der Waals surface area contributed by atoms with Gasteiger partial charge < -0.3 is 14.1 Å². The van der Waals surface area contributed by atoms with Crippen LogP contribution >= 0.6 is 0 Å². The lowest BCUT2D eigenvalue weighted by atomic mass is 9.81. The van der Waals surface area contributed by atoms with Crippen molar-refractivity contribution in [2.45, 2.75) is 76.9 Å². The standard InChI is InChI=1S/C24H43NO3Si2/c1-24(2,3)30(7,8)28-19-21-18-25(23(26)27-16-17-29(4,5)6)15-14-22(21)20-12-10-9-11-13-20/h9-13,21-22H,14-19H2,1-8H3/t21-,22-/m0/s1. The number of nitrogens with zero attached hydrogens (tertiary/aromatic N) is 1. The maximum absolute atomic E-state index is 12.7. The van der Waals surface area contributed by atoms with Crippen LogP contribution in [0.25, 0.3) is 0 Å². The van der Waals surface area contributed by atoms with E-state index in [9.17, 15) is 4.79 Å². The topological polar surface area (TPSA) is 38.8 Å². The van der Waals surface area contributed by atoms with Crippen LogP contribution in [0, 0.1) is 5.92 Å². The van der Waals surface area contributed by atoms with E-state index in [2.05, 4.69) is 83.8 Å². The van der Waals surface area contributed by atoms with Crippen molar-refractivity contribution < 1.29 is 14.0 Å². The van der Waals surface area contributed by atoms with Crippen LogP contribution in [0.2, 0.25) is 43.8 Å². The third-order valence-corrected chi connectivity index (χ3v) is 13.0. The Kier molecular flexibility index (Phi) is 8.39. The molecule has 0 bridgehead atoms. The summed E-state index contributed by atoms with van der Waals surface area (Å²) in [6, 6.07) is 11.7. The van der Waals surface area contributed by atoms with Gasteiger partial charge in [0.15, 0.2) is 8.32 Å². The maximum atomic E-state index is 12.7. The molecule has 1 amide bonds. The molecule has 0 spiro atoms. The molecule has 0 unspecified atom stereocenters. The molecule has 0 aliphatic carbocycles. The Hall–Kier alpha value is -1.12. The smallest absolute Gasteiger partial charge is 0.409 e. The molecule has 1 saturated heterocycles. The molecule has 1 aliphatic rings. The molecule has 170 valence electrons. The van der Waals surface area contributed by atoms with Gasteiger partial charge in [-0.25, -0.2) is 4.79 Å². The molecular weight excluding hydrogens is 406 g/mol. The molecule has 0 aromatic heterocycles. The summed E-state index contributed by atoms with van der Waals surface area (Å²) in [4.78, 5) is 14.6. The highest BCUT2D eigenvalue weighted by molar-refractivity contribution is 6.76. The molecule has 1 aromatic carbocycles. The minimum Gasteiger partial charge on any atom is -0.450 e. The van der Waals surface area contributed by atoms with E-state index in [-0.39, 0.29) is 11.1 Å². The third-order valence-electron chi connectivity index (χ3n) is 6.76. The quantitative estimate of drug-likeness (QED) is 0.441. The highest BCUT2D eigenvalue weighted by Gasteiger charge is 2.40. The van der Waals surface area contributed by atoms with E-state index in [0.29, 0.717) is 31.6 Å². The zero-order chi connectivity index (χ0) is 22.6. The number of rotatable bonds is 7. The van der Waals surface area contributed by atoms with Crippen molar-refractivity contribution in [3.8, 4) is 0 Å². The van der Waals surface area contributed by atoms with Gasteiger partial charge in [0.05, 0.1) is 6.61 Å². The van der Waals surface area contributed by atoms with Crippen LogP contribution in [-0.2, 0) is 9.16 Å². The van der Waals surface area contributed by atoms with Crippen LogP contribution in [0.5, 0.6) is 0 Å². The Morgan fingerprint density at radius 2 is 1.73 bits per heavy atom. The Balaban J connectivity index is 2.07. The monoisotopic (exact) mass is 449 g/mol. The number of ether oxygens (including phenoxy) is 1. The Morgan fingerprint density at radius 3 is 2.30 bits per heavy atom. The first kappa shape index (κ1) is 25.1. The Bertz CT molecular complexity index is 680. The first-order chi connectivity index (χ1) is 13.8. The molecule has 1 aliphatic heterocycles.